The zero-order chi connectivity index (χ0) is 3.28. The van der Waals surface area contributed by atoms with Gasteiger partial charge in [-0.1, -0.05) is 0 Å². The first-order chi connectivity index (χ1) is 2.45. The van der Waals surface area contributed by atoms with Gasteiger partial charge in [0, 0.05) is 0 Å². The third-order valence-electron chi connectivity index (χ3n) is 2.00. The minimum absolute atomic E-state index is 1.21. The highest BCUT2D eigenvalue weighted by Crippen LogP contribution is 2.52. The van der Waals surface area contributed by atoms with Crippen molar-refractivity contribution < 1.29 is 0 Å². The fourth-order valence-electron chi connectivity index (χ4n) is 1.21. The third kappa shape index (κ3) is 0.111. The van der Waals surface area contributed by atoms with Gasteiger partial charge in [-0.15, -0.1) is 0 Å². The summed E-state index contributed by atoms with van der Waals surface area (Å²) in [7, 11) is 0. The zero-order valence-corrected chi connectivity index (χ0v) is 3.28. The molecule has 3 aliphatic carbocycles. The van der Waals surface area contributed by atoms with Crippen LogP contribution in [-0.2, 0) is 0 Å². The Bertz CT molecular complexity index is 36.8. The van der Waals surface area contributed by atoms with Crippen molar-refractivity contribution >= 4 is 0 Å². The lowest BCUT2D eigenvalue weighted by molar-refractivity contribution is 0.0198. The highest BCUT2D eigenvalue weighted by Gasteiger charge is 2.41. The van der Waals surface area contributed by atoms with E-state index in [1.807, 2.05) is 0 Å². The quantitative estimate of drug-likeness (QED) is 0.402. The first kappa shape index (κ1) is 2.22. The van der Waals surface area contributed by atoms with Gasteiger partial charge in [0.15, 0.2) is 0 Å². The summed E-state index contributed by atoms with van der Waals surface area (Å²) in [5.74, 6) is 2.42. The summed E-state index contributed by atoms with van der Waals surface area (Å²) < 4.78 is 0. The van der Waals surface area contributed by atoms with Gasteiger partial charge >= 0.3 is 0 Å². The van der Waals surface area contributed by atoms with Crippen molar-refractivity contribution in [2.24, 2.45) is 11.8 Å². The monoisotopic (exact) mass is 68.1 g/mol. The molecule has 0 spiro atoms. The molecule has 28 valence electrons. The van der Waals surface area contributed by atoms with E-state index in [2.05, 4.69) is 0 Å². The predicted molar refractivity (Wildman–Crippen MR) is 20.8 cm³/mol. The first-order valence-corrected chi connectivity index (χ1v) is 2.45. The molecule has 0 N–H and O–H groups in total. The molecular formula is C5H8. The first-order valence-electron chi connectivity index (χ1n) is 2.45. The molecule has 0 heteroatoms. The van der Waals surface area contributed by atoms with Crippen molar-refractivity contribution in [3.05, 3.63) is 0 Å². The van der Waals surface area contributed by atoms with Crippen LogP contribution in [0.5, 0.6) is 0 Å². The van der Waals surface area contributed by atoms with Crippen LogP contribution in [0.1, 0.15) is 19.3 Å². The summed E-state index contributed by atoms with van der Waals surface area (Å²) in [5, 5.41) is 0. The van der Waals surface area contributed by atoms with Gasteiger partial charge in [0.2, 0.25) is 0 Å². The summed E-state index contributed by atoms with van der Waals surface area (Å²) in [6.45, 7) is 0. The molecule has 3 saturated carbocycles. The molecule has 0 aromatic rings. The average Bonchev–Trinajstić information content (AvgIpc) is 0.592. The Morgan fingerprint density at radius 1 is 0.800 bits per heavy atom. The Kier molecular flexibility index (Phi) is 0.198. The van der Waals surface area contributed by atoms with Crippen LogP contribution in [0, 0.1) is 11.8 Å². The summed E-state index contributed by atoms with van der Waals surface area (Å²) in [6, 6.07) is 0. The Morgan fingerprint density at radius 2 is 1.00 bits per heavy atom. The maximum atomic E-state index is 1.58. The van der Waals surface area contributed by atoms with E-state index in [0.717, 1.165) is 0 Å². The average molecular weight is 68.1 g/mol. The second-order valence-corrected chi connectivity index (χ2v) is 2.44. The lowest BCUT2D eigenvalue weighted by atomic mass is 9.56. The summed E-state index contributed by atoms with van der Waals surface area (Å²) in [6.07, 6.45) is 4.75. The number of hydrogen-bond acceptors (Lipinski definition) is 0. The van der Waals surface area contributed by atoms with Crippen molar-refractivity contribution in [3.63, 3.8) is 0 Å². The fourth-order valence-corrected chi connectivity index (χ4v) is 1.21. The Balaban J connectivity index is 2.19. The smallest absolute Gasteiger partial charge is 0.0406 e. The Hall–Kier alpha value is 0. The Labute approximate surface area is 32.2 Å². The van der Waals surface area contributed by atoms with E-state index in [1.165, 1.54) is 11.8 Å². The topological polar surface area (TPSA) is 0 Å². The van der Waals surface area contributed by atoms with Crippen LogP contribution >= 0.6 is 0 Å². The fraction of sp³-hybridized carbons (Fsp3) is 1.00. The van der Waals surface area contributed by atoms with Gasteiger partial charge in [0.05, 0.1) is 0 Å². The standard InChI is InChI=1S/C5H8/c1-4-2-5(1)3-4/h4-5H,1-3H2. The second kappa shape index (κ2) is 0.444. The molecule has 3 rings (SSSR count). The molecule has 0 saturated heterocycles. The van der Waals surface area contributed by atoms with Crippen molar-refractivity contribution in [2.45, 2.75) is 19.3 Å². The lowest BCUT2D eigenvalue weighted by Crippen LogP contribution is -2.38. The minimum Gasteiger partial charge on any atom is -0.0475 e. The van der Waals surface area contributed by atoms with E-state index in [9.17, 15) is 0 Å². The van der Waals surface area contributed by atoms with Gasteiger partial charge < -0.3 is 0 Å². The molecule has 0 atom stereocenters. The van der Waals surface area contributed by atoms with Crippen LogP contribution in [0.15, 0.2) is 0 Å². The van der Waals surface area contributed by atoms with E-state index in [-0.39, 0.29) is 0 Å². The molecule has 5 heavy (non-hydrogen) atoms. The normalized spacial score (nSPS) is 57.6. The molecule has 0 nitrogen and oxygen atoms in total. The van der Waals surface area contributed by atoms with E-state index < -0.39 is 0 Å². The van der Waals surface area contributed by atoms with Gasteiger partial charge in [-0.3, -0.25) is 0 Å². The molecule has 0 amide bonds. The third-order valence-corrected chi connectivity index (χ3v) is 2.00. The zero-order valence-electron chi connectivity index (χ0n) is 3.28. The van der Waals surface area contributed by atoms with Crippen LogP contribution < -0.4 is 0 Å². The van der Waals surface area contributed by atoms with E-state index in [4.69, 9.17) is 0 Å². The molecule has 3 fully saturated rings. The molecule has 2 bridgehead atoms. The highest BCUT2D eigenvalue weighted by molar-refractivity contribution is 4.92. The molecule has 0 aliphatic heterocycles. The van der Waals surface area contributed by atoms with Crippen LogP contribution in [0.25, 0.3) is 0 Å². The van der Waals surface area contributed by atoms with Gasteiger partial charge in [-0.2, -0.15) is 0 Å². The van der Waals surface area contributed by atoms with Crippen molar-refractivity contribution in [1.82, 2.24) is 0 Å². The van der Waals surface area contributed by atoms with E-state index in [0.29, 0.717) is 0 Å². The molecule has 0 aromatic heterocycles. The summed E-state index contributed by atoms with van der Waals surface area (Å²) in [5.41, 5.74) is 0. The lowest BCUT2D eigenvalue weighted by Gasteiger charge is -2.49. The van der Waals surface area contributed by atoms with Gasteiger partial charge in [0.25, 0.3) is 0 Å². The van der Waals surface area contributed by atoms with Crippen molar-refractivity contribution in [1.29, 1.82) is 0 Å². The van der Waals surface area contributed by atoms with Crippen LogP contribution in [0.3, 0.4) is 0 Å². The Morgan fingerprint density at radius 3 is 1.00 bits per heavy atom. The van der Waals surface area contributed by atoms with E-state index in [1.54, 1.807) is 19.3 Å². The molecular weight excluding hydrogens is 60.1 g/mol. The van der Waals surface area contributed by atoms with Gasteiger partial charge in [0.1, 0.15) is 0 Å². The van der Waals surface area contributed by atoms with Crippen molar-refractivity contribution in [2.75, 3.05) is 0 Å². The number of rotatable bonds is 0. The van der Waals surface area contributed by atoms with Gasteiger partial charge in [-0.25, -0.2) is 0 Å². The molecule has 0 radical (unpaired) electrons. The maximum absolute atomic E-state index is 1.58. The number of hydrogen-bond donors (Lipinski definition) is 0. The van der Waals surface area contributed by atoms with E-state index >= 15 is 0 Å². The second-order valence-electron chi connectivity index (χ2n) is 2.44. The minimum atomic E-state index is 1.21. The maximum Gasteiger partial charge on any atom is -0.0406 e. The predicted octanol–water partition coefficient (Wildman–Crippen LogP) is 1.42. The van der Waals surface area contributed by atoms with Crippen LogP contribution in [-0.4, -0.2) is 0 Å². The van der Waals surface area contributed by atoms with Crippen molar-refractivity contribution in [3.8, 4) is 0 Å². The summed E-state index contributed by atoms with van der Waals surface area (Å²) >= 11 is 0. The van der Waals surface area contributed by atoms with Crippen LogP contribution in [0.2, 0.25) is 0 Å². The molecule has 0 aromatic carbocycles. The van der Waals surface area contributed by atoms with Crippen LogP contribution in [0.4, 0.5) is 0 Å². The summed E-state index contributed by atoms with van der Waals surface area (Å²) in [4.78, 5) is 0. The highest BCUT2D eigenvalue weighted by atomic mass is 14.5. The molecule has 0 heterocycles. The van der Waals surface area contributed by atoms with Gasteiger partial charge in [-0.05, 0) is 31.1 Å². The molecule has 3 aliphatic rings. The molecule has 0 unspecified atom stereocenters. The largest absolute Gasteiger partial charge is 0.0475 e. The SMILES string of the molecule is C1C2CC1C2.